The number of allylic oxidation sites excluding steroid dienone is 1. The van der Waals surface area contributed by atoms with Gasteiger partial charge in [0, 0.05) is 6.04 Å². The van der Waals surface area contributed by atoms with E-state index in [0.29, 0.717) is 6.04 Å². The molecule has 0 aromatic heterocycles. The quantitative estimate of drug-likeness (QED) is 0.720. The summed E-state index contributed by atoms with van der Waals surface area (Å²) in [6.45, 7) is 3.36. The van der Waals surface area contributed by atoms with Gasteiger partial charge < -0.3 is 5.32 Å². The van der Waals surface area contributed by atoms with E-state index in [2.05, 4.69) is 48.6 Å². The Morgan fingerprint density at radius 2 is 2.06 bits per heavy atom. The summed E-state index contributed by atoms with van der Waals surface area (Å²) in [6, 6.07) is 11.3. The van der Waals surface area contributed by atoms with E-state index in [1.807, 2.05) is 0 Å². The van der Waals surface area contributed by atoms with E-state index in [9.17, 15) is 0 Å². The first-order chi connectivity index (χ1) is 8.40. The predicted molar refractivity (Wildman–Crippen MR) is 74.0 cm³/mol. The molecule has 1 heteroatoms. The van der Waals surface area contributed by atoms with Gasteiger partial charge in [0.2, 0.25) is 0 Å². The smallest absolute Gasteiger partial charge is 0.0317 e. The number of hydrogen-bond donors (Lipinski definition) is 1. The Hall–Kier alpha value is -1.08. The van der Waals surface area contributed by atoms with Crippen molar-refractivity contribution in [3.8, 4) is 0 Å². The van der Waals surface area contributed by atoms with Gasteiger partial charge in [-0.15, -0.1) is 0 Å². The lowest BCUT2D eigenvalue weighted by Crippen LogP contribution is -2.22. The van der Waals surface area contributed by atoms with E-state index in [-0.39, 0.29) is 0 Å². The third kappa shape index (κ3) is 3.71. The Morgan fingerprint density at radius 1 is 1.24 bits per heavy atom. The molecule has 1 N–H and O–H groups in total. The fourth-order valence-electron chi connectivity index (χ4n) is 2.55. The van der Waals surface area contributed by atoms with Gasteiger partial charge in [-0.3, -0.25) is 0 Å². The van der Waals surface area contributed by atoms with Gasteiger partial charge in [0.25, 0.3) is 0 Å². The third-order valence-corrected chi connectivity index (χ3v) is 3.58. The molecule has 1 aromatic rings. The van der Waals surface area contributed by atoms with E-state index >= 15 is 0 Å². The first kappa shape index (κ1) is 12.4. The molecule has 0 amide bonds. The Labute approximate surface area is 105 Å². The summed E-state index contributed by atoms with van der Waals surface area (Å²) in [4.78, 5) is 0. The lowest BCUT2D eigenvalue weighted by Gasteiger charge is -2.17. The van der Waals surface area contributed by atoms with Gasteiger partial charge in [-0.05, 0) is 44.2 Å². The highest BCUT2D eigenvalue weighted by Crippen LogP contribution is 2.21. The molecule has 0 saturated heterocycles. The van der Waals surface area contributed by atoms with Crippen LogP contribution in [0.3, 0.4) is 0 Å². The minimum Gasteiger partial charge on any atom is -0.310 e. The van der Waals surface area contributed by atoms with E-state index in [0.717, 1.165) is 13.0 Å². The molecule has 92 valence electrons. The fraction of sp³-hybridized carbons (Fsp3) is 0.500. The minimum absolute atomic E-state index is 0.512. The maximum Gasteiger partial charge on any atom is 0.0317 e. The number of benzene rings is 1. The number of rotatable bonds is 6. The monoisotopic (exact) mass is 229 g/mol. The molecule has 1 aromatic carbocycles. The molecule has 0 aliphatic heterocycles. The van der Waals surface area contributed by atoms with Gasteiger partial charge in [0.1, 0.15) is 0 Å². The lowest BCUT2D eigenvalue weighted by molar-refractivity contribution is 0.520. The second kappa shape index (κ2) is 6.61. The summed E-state index contributed by atoms with van der Waals surface area (Å²) < 4.78 is 0. The zero-order chi connectivity index (χ0) is 11.9. The van der Waals surface area contributed by atoms with Gasteiger partial charge >= 0.3 is 0 Å². The van der Waals surface area contributed by atoms with Crippen molar-refractivity contribution in [1.82, 2.24) is 5.32 Å². The highest BCUT2D eigenvalue weighted by molar-refractivity contribution is 5.18. The van der Waals surface area contributed by atoms with Crippen LogP contribution in [0.25, 0.3) is 0 Å². The van der Waals surface area contributed by atoms with Gasteiger partial charge in [-0.25, -0.2) is 0 Å². The van der Waals surface area contributed by atoms with Crippen molar-refractivity contribution in [1.29, 1.82) is 0 Å². The summed E-state index contributed by atoms with van der Waals surface area (Å²) in [5.41, 5.74) is 3.07. The molecule has 0 bridgehead atoms. The Morgan fingerprint density at radius 3 is 2.71 bits per heavy atom. The zero-order valence-electron chi connectivity index (χ0n) is 10.8. The first-order valence-corrected chi connectivity index (χ1v) is 6.86. The van der Waals surface area contributed by atoms with Crippen LogP contribution >= 0.6 is 0 Å². The first-order valence-electron chi connectivity index (χ1n) is 6.86. The van der Waals surface area contributed by atoms with Crippen molar-refractivity contribution in [2.45, 2.75) is 45.1 Å². The van der Waals surface area contributed by atoms with Crippen molar-refractivity contribution in [2.75, 3.05) is 6.54 Å². The van der Waals surface area contributed by atoms with E-state index < -0.39 is 0 Å². The van der Waals surface area contributed by atoms with Crippen LogP contribution in [0, 0.1) is 0 Å². The molecule has 0 spiro atoms. The van der Waals surface area contributed by atoms with Crippen LogP contribution in [0.15, 0.2) is 42.0 Å². The highest BCUT2D eigenvalue weighted by atomic mass is 14.9. The number of hydrogen-bond acceptors (Lipinski definition) is 1. The molecule has 17 heavy (non-hydrogen) atoms. The largest absolute Gasteiger partial charge is 0.310 e. The van der Waals surface area contributed by atoms with Crippen LogP contribution in [-0.4, -0.2) is 6.54 Å². The number of nitrogens with one attached hydrogen (secondary N) is 1. The molecule has 1 unspecified atom stereocenters. The molecule has 1 atom stereocenters. The lowest BCUT2D eigenvalue weighted by atomic mass is 10.0. The topological polar surface area (TPSA) is 12.0 Å². The van der Waals surface area contributed by atoms with Crippen molar-refractivity contribution >= 4 is 0 Å². The summed E-state index contributed by atoms with van der Waals surface area (Å²) in [6.07, 6.45) is 8.79. The van der Waals surface area contributed by atoms with Crippen molar-refractivity contribution in [3.63, 3.8) is 0 Å². The van der Waals surface area contributed by atoms with E-state index in [1.165, 1.54) is 31.2 Å². The molecule has 1 aliphatic carbocycles. The van der Waals surface area contributed by atoms with Gasteiger partial charge in [-0.1, -0.05) is 48.9 Å². The summed E-state index contributed by atoms with van der Waals surface area (Å²) in [5, 5.41) is 3.67. The molecule has 0 saturated carbocycles. The summed E-state index contributed by atoms with van der Waals surface area (Å²) in [5.74, 6) is 0. The Kier molecular flexibility index (Phi) is 4.81. The van der Waals surface area contributed by atoms with Crippen LogP contribution in [0.4, 0.5) is 0 Å². The van der Waals surface area contributed by atoms with Gasteiger partial charge in [0.15, 0.2) is 0 Å². The molecular weight excluding hydrogens is 206 g/mol. The average molecular weight is 229 g/mol. The average Bonchev–Trinajstić information content (AvgIpc) is 2.89. The standard InChI is InChI=1S/C16H23N/c1-2-16(15-10-4-3-5-11-15)17-13-12-14-8-6-7-9-14/h3-5,8,10-11,16-17H,2,6-7,9,12-13H2,1H3. The second-order valence-electron chi connectivity index (χ2n) is 4.83. The SMILES string of the molecule is CCC(NCCC1=CCCC1)c1ccccc1. The molecule has 1 aliphatic rings. The second-order valence-corrected chi connectivity index (χ2v) is 4.83. The van der Waals surface area contributed by atoms with Crippen LogP contribution in [0.1, 0.15) is 50.6 Å². The van der Waals surface area contributed by atoms with Crippen LogP contribution < -0.4 is 5.32 Å². The van der Waals surface area contributed by atoms with E-state index in [4.69, 9.17) is 0 Å². The normalized spacial score (nSPS) is 16.9. The van der Waals surface area contributed by atoms with Gasteiger partial charge in [-0.2, -0.15) is 0 Å². The molecular formula is C16H23N. The van der Waals surface area contributed by atoms with Crippen molar-refractivity contribution in [2.24, 2.45) is 0 Å². The zero-order valence-corrected chi connectivity index (χ0v) is 10.8. The molecule has 0 radical (unpaired) electrons. The Bertz CT molecular complexity index is 353. The molecule has 0 fully saturated rings. The third-order valence-electron chi connectivity index (χ3n) is 3.58. The van der Waals surface area contributed by atoms with Crippen molar-refractivity contribution < 1.29 is 0 Å². The fourth-order valence-corrected chi connectivity index (χ4v) is 2.55. The molecule has 0 heterocycles. The van der Waals surface area contributed by atoms with Crippen LogP contribution in [0.2, 0.25) is 0 Å². The maximum absolute atomic E-state index is 3.67. The Balaban J connectivity index is 1.80. The summed E-state index contributed by atoms with van der Waals surface area (Å²) >= 11 is 0. The maximum atomic E-state index is 3.67. The van der Waals surface area contributed by atoms with E-state index in [1.54, 1.807) is 5.57 Å². The summed E-state index contributed by atoms with van der Waals surface area (Å²) in [7, 11) is 0. The molecule has 2 rings (SSSR count). The predicted octanol–water partition coefficient (Wildman–Crippen LogP) is 4.23. The van der Waals surface area contributed by atoms with Gasteiger partial charge in [0.05, 0.1) is 0 Å². The van der Waals surface area contributed by atoms with Crippen LogP contribution in [0.5, 0.6) is 0 Å². The van der Waals surface area contributed by atoms with Crippen LogP contribution in [-0.2, 0) is 0 Å². The molecule has 1 nitrogen and oxygen atoms in total. The van der Waals surface area contributed by atoms with Crippen molar-refractivity contribution in [3.05, 3.63) is 47.5 Å². The minimum atomic E-state index is 0.512. The highest BCUT2D eigenvalue weighted by Gasteiger charge is 2.09.